The van der Waals surface area contributed by atoms with Crippen LogP contribution in [0.15, 0.2) is 18.2 Å². The Bertz CT molecular complexity index is 447. The zero-order chi connectivity index (χ0) is 14.7. The first-order chi connectivity index (χ1) is 9.47. The molecule has 1 aliphatic heterocycles. The van der Waals surface area contributed by atoms with Gasteiger partial charge in [0, 0.05) is 12.6 Å². The van der Waals surface area contributed by atoms with Crippen molar-refractivity contribution in [2.24, 2.45) is 0 Å². The first kappa shape index (κ1) is 15.7. The van der Waals surface area contributed by atoms with Crippen molar-refractivity contribution in [3.63, 3.8) is 0 Å². The van der Waals surface area contributed by atoms with E-state index in [-0.39, 0.29) is 5.38 Å². The van der Waals surface area contributed by atoms with Crippen LogP contribution in [0.4, 0.5) is 8.78 Å². The molecule has 1 fully saturated rings. The SMILES string of the molecule is CN1CCC(N(C)CC(Cl)c2ccc(F)c(F)c2)CC1. The normalized spacial score (nSPS) is 19.5. The number of nitrogens with zero attached hydrogens (tertiary/aromatic N) is 2. The standard InChI is InChI=1S/C15H21ClF2N2/c1-19-7-5-12(6-8-19)20(2)10-13(16)11-3-4-14(17)15(18)9-11/h3-4,9,12-13H,5-8,10H2,1-2H3. The molecular weight excluding hydrogens is 282 g/mol. The van der Waals surface area contributed by atoms with Crippen molar-refractivity contribution in [3.05, 3.63) is 35.4 Å². The van der Waals surface area contributed by atoms with E-state index in [0.29, 0.717) is 18.2 Å². The van der Waals surface area contributed by atoms with Gasteiger partial charge in [-0.1, -0.05) is 6.07 Å². The van der Waals surface area contributed by atoms with Gasteiger partial charge in [-0.15, -0.1) is 11.6 Å². The van der Waals surface area contributed by atoms with E-state index in [1.807, 2.05) is 7.05 Å². The minimum absolute atomic E-state index is 0.324. The second-order valence-electron chi connectivity index (χ2n) is 5.62. The summed E-state index contributed by atoms with van der Waals surface area (Å²) >= 11 is 6.33. The van der Waals surface area contributed by atoms with Gasteiger partial charge in [-0.05, 0) is 57.7 Å². The Hall–Kier alpha value is -0.710. The zero-order valence-electron chi connectivity index (χ0n) is 12.0. The van der Waals surface area contributed by atoms with E-state index in [9.17, 15) is 8.78 Å². The first-order valence-corrected chi connectivity index (χ1v) is 7.39. The monoisotopic (exact) mass is 302 g/mol. The average molecular weight is 303 g/mol. The number of benzene rings is 1. The van der Waals surface area contributed by atoms with Gasteiger partial charge in [0.15, 0.2) is 11.6 Å². The minimum Gasteiger partial charge on any atom is -0.306 e. The Balaban J connectivity index is 1.93. The number of hydrogen-bond acceptors (Lipinski definition) is 2. The molecule has 0 saturated carbocycles. The van der Waals surface area contributed by atoms with Gasteiger partial charge >= 0.3 is 0 Å². The van der Waals surface area contributed by atoms with Crippen molar-refractivity contribution < 1.29 is 8.78 Å². The summed E-state index contributed by atoms with van der Waals surface area (Å²) in [6.45, 7) is 2.82. The lowest BCUT2D eigenvalue weighted by atomic mass is 10.0. The largest absolute Gasteiger partial charge is 0.306 e. The van der Waals surface area contributed by atoms with Crippen LogP contribution < -0.4 is 0 Å². The number of likely N-dealkylation sites (N-methyl/N-ethyl adjacent to an activating group) is 1. The molecule has 1 saturated heterocycles. The summed E-state index contributed by atoms with van der Waals surface area (Å²) in [7, 11) is 4.17. The zero-order valence-corrected chi connectivity index (χ0v) is 12.7. The second kappa shape index (κ2) is 6.83. The number of likely N-dealkylation sites (tertiary alicyclic amines) is 1. The van der Waals surface area contributed by atoms with Crippen LogP contribution in [0.25, 0.3) is 0 Å². The van der Waals surface area contributed by atoms with Crippen LogP contribution in [0.1, 0.15) is 23.8 Å². The summed E-state index contributed by atoms with van der Waals surface area (Å²) in [5.41, 5.74) is 0.630. The van der Waals surface area contributed by atoms with Crippen molar-refractivity contribution in [2.45, 2.75) is 24.3 Å². The Kier molecular flexibility index (Phi) is 5.35. The topological polar surface area (TPSA) is 6.48 Å². The highest BCUT2D eigenvalue weighted by Crippen LogP contribution is 2.25. The molecular formula is C15H21ClF2N2. The summed E-state index contributed by atoms with van der Waals surface area (Å²) in [6, 6.07) is 4.39. The third-order valence-electron chi connectivity index (χ3n) is 4.07. The van der Waals surface area contributed by atoms with Crippen LogP contribution in [0.2, 0.25) is 0 Å². The molecule has 0 bridgehead atoms. The number of rotatable bonds is 4. The molecule has 0 N–H and O–H groups in total. The molecule has 0 amide bonds. The highest BCUT2D eigenvalue weighted by atomic mass is 35.5. The van der Waals surface area contributed by atoms with E-state index in [2.05, 4.69) is 16.8 Å². The molecule has 2 rings (SSSR count). The Morgan fingerprint density at radius 3 is 2.55 bits per heavy atom. The summed E-state index contributed by atoms with van der Waals surface area (Å²) in [6.07, 6.45) is 2.24. The molecule has 1 aliphatic rings. The van der Waals surface area contributed by atoms with E-state index < -0.39 is 11.6 Å². The number of hydrogen-bond donors (Lipinski definition) is 0. The number of halogens is 3. The van der Waals surface area contributed by atoms with E-state index in [1.165, 1.54) is 6.07 Å². The molecule has 0 aromatic heterocycles. The van der Waals surface area contributed by atoms with E-state index in [4.69, 9.17) is 11.6 Å². The first-order valence-electron chi connectivity index (χ1n) is 6.95. The lowest BCUT2D eigenvalue weighted by molar-refractivity contribution is 0.144. The van der Waals surface area contributed by atoms with Crippen LogP contribution in [-0.4, -0.2) is 49.6 Å². The van der Waals surface area contributed by atoms with Crippen molar-refractivity contribution in [2.75, 3.05) is 33.7 Å². The molecule has 2 nitrogen and oxygen atoms in total. The van der Waals surface area contributed by atoms with E-state index in [1.54, 1.807) is 6.07 Å². The second-order valence-corrected chi connectivity index (χ2v) is 6.14. The molecule has 0 spiro atoms. The molecule has 5 heteroatoms. The quantitative estimate of drug-likeness (QED) is 0.788. The molecule has 20 heavy (non-hydrogen) atoms. The van der Waals surface area contributed by atoms with Crippen molar-refractivity contribution in [1.29, 1.82) is 0 Å². The summed E-state index contributed by atoms with van der Waals surface area (Å²) < 4.78 is 26.1. The summed E-state index contributed by atoms with van der Waals surface area (Å²) in [5.74, 6) is -1.67. The van der Waals surface area contributed by atoms with Crippen LogP contribution >= 0.6 is 11.6 Å². The molecule has 112 valence electrons. The van der Waals surface area contributed by atoms with Crippen LogP contribution in [0.3, 0.4) is 0 Å². The fourth-order valence-corrected chi connectivity index (χ4v) is 3.00. The predicted octanol–water partition coefficient (Wildman–Crippen LogP) is 3.27. The Morgan fingerprint density at radius 1 is 1.30 bits per heavy atom. The molecule has 0 radical (unpaired) electrons. The fourth-order valence-electron chi connectivity index (χ4n) is 2.65. The highest BCUT2D eigenvalue weighted by molar-refractivity contribution is 6.21. The van der Waals surface area contributed by atoms with E-state index in [0.717, 1.165) is 32.0 Å². The average Bonchev–Trinajstić information content (AvgIpc) is 2.42. The summed E-state index contributed by atoms with van der Waals surface area (Å²) in [4.78, 5) is 4.55. The van der Waals surface area contributed by atoms with Gasteiger partial charge in [-0.2, -0.15) is 0 Å². The van der Waals surface area contributed by atoms with Crippen molar-refractivity contribution in [1.82, 2.24) is 9.80 Å². The van der Waals surface area contributed by atoms with Crippen LogP contribution in [-0.2, 0) is 0 Å². The predicted molar refractivity (Wildman–Crippen MR) is 78.1 cm³/mol. The molecule has 1 unspecified atom stereocenters. The maximum Gasteiger partial charge on any atom is 0.159 e. The van der Waals surface area contributed by atoms with Gasteiger partial charge < -0.3 is 9.80 Å². The van der Waals surface area contributed by atoms with E-state index >= 15 is 0 Å². The lowest BCUT2D eigenvalue weighted by Gasteiger charge is -2.36. The van der Waals surface area contributed by atoms with Gasteiger partial charge in [-0.3, -0.25) is 0 Å². The van der Waals surface area contributed by atoms with Gasteiger partial charge in [0.05, 0.1) is 5.38 Å². The molecule has 1 heterocycles. The Morgan fingerprint density at radius 2 is 1.95 bits per heavy atom. The smallest absolute Gasteiger partial charge is 0.159 e. The third-order valence-corrected chi connectivity index (χ3v) is 4.46. The van der Waals surface area contributed by atoms with Crippen LogP contribution in [0.5, 0.6) is 0 Å². The molecule has 0 aliphatic carbocycles. The van der Waals surface area contributed by atoms with Crippen LogP contribution in [0, 0.1) is 11.6 Å². The minimum atomic E-state index is -0.838. The van der Waals surface area contributed by atoms with Gasteiger partial charge in [0.1, 0.15) is 0 Å². The molecule has 1 aromatic rings. The van der Waals surface area contributed by atoms with Gasteiger partial charge in [0.2, 0.25) is 0 Å². The molecule has 1 atom stereocenters. The highest BCUT2D eigenvalue weighted by Gasteiger charge is 2.23. The fraction of sp³-hybridized carbons (Fsp3) is 0.600. The number of alkyl halides is 1. The Labute approximate surface area is 124 Å². The summed E-state index contributed by atoms with van der Waals surface area (Å²) in [5, 5.41) is -0.324. The maximum absolute atomic E-state index is 13.2. The van der Waals surface area contributed by atoms with Crippen molar-refractivity contribution in [3.8, 4) is 0 Å². The third kappa shape index (κ3) is 3.90. The lowest BCUT2D eigenvalue weighted by Crippen LogP contribution is -2.42. The van der Waals surface area contributed by atoms with Gasteiger partial charge in [-0.25, -0.2) is 8.78 Å². The maximum atomic E-state index is 13.2. The van der Waals surface area contributed by atoms with Gasteiger partial charge in [0.25, 0.3) is 0 Å². The molecule has 1 aromatic carbocycles. The number of piperidine rings is 1. The van der Waals surface area contributed by atoms with Crippen molar-refractivity contribution >= 4 is 11.6 Å².